The van der Waals surface area contributed by atoms with E-state index in [0.29, 0.717) is 0 Å². The molecule has 2 atom stereocenters. The van der Waals surface area contributed by atoms with Crippen LogP contribution in [-0.4, -0.2) is 42.8 Å². The minimum atomic E-state index is 0.0699. The summed E-state index contributed by atoms with van der Waals surface area (Å²) in [6.07, 6.45) is 2.05. The van der Waals surface area contributed by atoms with Crippen LogP contribution in [0.15, 0.2) is 16.8 Å². The quantitative estimate of drug-likeness (QED) is 0.615. The van der Waals surface area contributed by atoms with E-state index in [4.69, 9.17) is 10.6 Å². The lowest BCUT2D eigenvalue weighted by molar-refractivity contribution is -0.0322. The predicted molar refractivity (Wildman–Crippen MR) is 80.2 cm³/mol. The molecule has 1 aromatic heterocycles. The molecule has 5 heteroatoms. The zero-order valence-electron chi connectivity index (χ0n) is 11.9. The molecule has 1 saturated heterocycles. The number of rotatable bonds is 6. The molecule has 19 heavy (non-hydrogen) atoms. The molecule has 0 spiro atoms. The van der Waals surface area contributed by atoms with Crippen molar-refractivity contribution in [2.45, 2.75) is 38.3 Å². The molecule has 0 aliphatic carbocycles. The molecule has 1 fully saturated rings. The topological polar surface area (TPSA) is 50.5 Å². The minimum Gasteiger partial charge on any atom is -0.379 e. The highest BCUT2D eigenvalue weighted by molar-refractivity contribution is 7.07. The van der Waals surface area contributed by atoms with E-state index >= 15 is 0 Å². The van der Waals surface area contributed by atoms with E-state index < -0.39 is 0 Å². The van der Waals surface area contributed by atoms with Crippen molar-refractivity contribution in [3.63, 3.8) is 0 Å². The van der Waals surface area contributed by atoms with Gasteiger partial charge in [-0.15, -0.1) is 0 Å². The average molecular weight is 283 g/mol. The van der Waals surface area contributed by atoms with Gasteiger partial charge in [0.1, 0.15) is 0 Å². The fourth-order valence-corrected chi connectivity index (χ4v) is 3.55. The molecule has 1 aliphatic rings. The van der Waals surface area contributed by atoms with E-state index in [2.05, 4.69) is 41.0 Å². The Labute approximate surface area is 119 Å². The Morgan fingerprint density at radius 2 is 2.26 bits per heavy atom. The van der Waals surface area contributed by atoms with Crippen molar-refractivity contribution in [3.8, 4) is 0 Å². The summed E-state index contributed by atoms with van der Waals surface area (Å²) in [5.74, 6) is 5.85. The van der Waals surface area contributed by atoms with Crippen LogP contribution >= 0.6 is 11.3 Å². The zero-order chi connectivity index (χ0) is 13.7. The maximum absolute atomic E-state index is 5.85. The third kappa shape index (κ3) is 3.35. The van der Waals surface area contributed by atoms with Gasteiger partial charge in [0, 0.05) is 24.7 Å². The van der Waals surface area contributed by atoms with Crippen LogP contribution in [0.2, 0.25) is 0 Å². The number of hydrogen-bond acceptors (Lipinski definition) is 5. The van der Waals surface area contributed by atoms with Gasteiger partial charge in [0.25, 0.3) is 0 Å². The van der Waals surface area contributed by atoms with Gasteiger partial charge in [-0.25, -0.2) is 0 Å². The molecule has 0 saturated carbocycles. The summed E-state index contributed by atoms with van der Waals surface area (Å²) >= 11 is 1.74. The number of hydrazine groups is 1. The van der Waals surface area contributed by atoms with Gasteiger partial charge in [0.15, 0.2) is 0 Å². The third-order valence-electron chi connectivity index (χ3n) is 4.42. The lowest BCUT2D eigenvalue weighted by atomic mass is 9.84. The molecule has 0 amide bonds. The lowest BCUT2D eigenvalue weighted by Gasteiger charge is -2.47. The number of nitrogens with zero attached hydrogens (tertiary/aromatic N) is 1. The molecule has 2 heterocycles. The first kappa shape index (κ1) is 14.9. The number of nitrogens with two attached hydrogens (primary N) is 1. The van der Waals surface area contributed by atoms with Gasteiger partial charge in [-0.05, 0) is 42.2 Å². The summed E-state index contributed by atoms with van der Waals surface area (Å²) in [7, 11) is 0. The fraction of sp³-hybridized carbons (Fsp3) is 0.714. The highest BCUT2D eigenvalue weighted by atomic mass is 32.1. The summed E-state index contributed by atoms with van der Waals surface area (Å²) in [6, 6.07) is 2.44. The predicted octanol–water partition coefficient (Wildman–Crippen LogP) is 1.62. The molecular formula is C14H25N3OS. The Morgan fingerprint density at radius 1 is 1.53 bits per heavy atom. The molecule has 0 aromatic carbocycles. The molecule has 1 aromatic rings. The van der Waals surface area contributed by atoms with Crippen molar-refractivity contribution in [2.24, 2.45) is 5.84 Å². The summed E-state index contributed by atoms with van der Waals surface area (Å²) in [6.45, 7) is 8.19. The number of nitrogens with one attached hydrogen (secondary N) is 1. The Bertz CT molecular complexity index is 365. The summed E-state index contributed by atoms with van der Waals surface area (Å²) < 4.78 is 5.47. The van der Waals surface area contributed by atoms with Gasteiger partial charge < -0.3 is 4.74 Å². The van der Waals surface area contributed by atoms with Crippen molar-refractivity contribution in [2.75, 3.05) is 26.3 Å². The third-order valence-corrected chi connectivity index (χ3v) is 5.15. The Morgan fingerprint density at radius 3 is 2.79 bits per heavy atom. The molecule has 4 nitrogen and oxygen atoms in total. The average Bonchev–Trinajstić information content (AvgIpc) is 2.98. The van der Waals surface area contributed by atoms with E-state index in [-0.39, 0.29) is 11.6 Å². The fourth-order valence-electron chi connectivity index (χ4n) is 2.87. The Balaban J connectivity index is 2.11. The van der Waals surface area contributed by atoms with Crippen molar-refractivity contribution in [3.05, 3.63) is 22.4 Å². The van der Waals surface area contributed by atoms with Gasteiger partial charge in [-0.2, -0.15) is 11.3 Å². The van der Waals surface area contributed by atoms with Gasteiger partial charge in [0.2, 0.25) is 0 Å². The molecule has 0 bridgehead atoms. The number of hydrogen-bond donors (Lipinski definition) is 2. The summed E-state index contributed by atoms with van der Waals surface area (Å²) in [4.78, 5) is 2.52. The monoisotopic (exact) mass is 283 g/mol. The second-order valence-electron chi connectivity index (χ2n) is 5.37. The van der Waals surface area contributed by atoms with Gasteiger partial charge >= 0.3 is 0 Å². The van der Waals surface area contributed by atoms with Crippen molar-refractivity contribution >= 4 is 11.3 Å². The van der Waals surface area contributed by atoms with Crippen LogP contribution in [0.4, 0.5) is 0 Å². The SMILES string of the molecule is CCC(C)(C(Cc1ccsc1)NN)N1CCOCC1. The highest BCUT2D eigenvalue weighted by Gasteiger charge is 2.38. The smallest absolute Gasteiger partial charge is 0.0594 e. The lowest BCUT2D eigenvalue weighted by Crippen LogP contribution is -2.63. The maximum atomic E-state index is 5.85. The Kier molecular flexibility index (Phi) is 5.36. The van der Waals surface area contributed by atoms with E-state index in [9.17, 15) is 0 Å². The maximum Gasteiger partial charge on any atom is 0.0594 e. The normalized spacial score (nSPS) is 22.1. The molecule has 108 valence electrons. The highest BCUT2D eigenvalue weighted by Crippen LogP contribution is 2.27. The first-order chi connectivity index (χ1) is 9.20. The van der Waals surface area contributed by atoms with Gasteiger partial charge in [0.05, 0.1) is 13.2 Å². The van der Waals surface area contributed by atoms with E-state index in [1.807, 2.05) is 0 Å². The molecule has 2 unspecified atom stereocenters. The van der Waals surface area contributed by atoms with Crippen LogP contribution in [0.1, 0.15) is 25.8 Å². The van der Waals surface area contributed by atoms with E-state index in [1.165, 1.54) is 5.56 Å². The largest absolute Gasteiger partial charge is 0.379 e. The first-order valence-corrected chi connectivity index (χ1v) is 7.95. The van der Waals surface area contributed by atoms with Crippen LogP contribution in [-0.2, 0) is 11.2 Å². The molecule has 1 aliphatic heterocycles. The van der Waals surface area contributed by atoms with Crippen molar-refractivity contribution in [1.82, 2.24) is 10.3 Å². The van der Waals surface area contributed by atoms with Crippen LogP contribution in [0, 0.1) is 0 Å². The molecule has 2 rings (SSSR count). The molecule has 0 radical (unpaired) electrons. The van der Waals surface area contributed by atoms with Crippen molar-refractivity contribution in [1.29, 1.82) is 0 Å². The van der Waals surface area contributed by atoms with Crippen LogP contribution in [0.3, 0.4) is 0 Å². The van der Waals surface area contributed by atoms with Gasteiger partial charge in [-0.1, -0.05) is 6.92 Å². The first-order valence-electron chi connectivity index (χ1n) is 7.00. The second-order valence-corrected chi connectivity index (χ2v) is 6.15. The van der Waals surface area contributed by atoms with Crippen LogP contribution in [0.5, 0.6) is 0 Å². The van der Waals surface area contributed by atoms with Crippen molar-refractivity contribution < 1.29 is 4.74 Å². The number of ether oxygens (including phenoxy) is 1. The molecule has 3 N–H and O–H groups in total. The van der Waals surface area contributed by atoms with Gasteiger partial charge in [-0.3, -0.25) is 16.2 Å². The number of thiophene rings is 1. The standard InChI is InChI=1S/C14H25N3OS/c1-3-14(2,17-5-7-18-8-6-17)13(16-15)10-12-4-9-19-11-12/h4,9,11,13,16H,3,5-8,10,15H2,1-2H3. The zero-order valence-corrected chi connectivity index (χ0v) is 12.7. The second kappa shape index (κ2) is 6.81. The Hall–Kier alpha value is -0.460. The molecular weight excluding hydrogens is 258 g/mol. The van der Waals surface area contributed by atoms with E-state index in [1.54, 1.807) is 11.3 Å². The minimum absolute atomic E-state index is 0.0699. The van der Waals surface area contributed by atoms with Crippen LogP contribution < -0.4 is 11.3 Å². The van der Waals surface area contributed by atoms with Crippen LogP contribution in [0.25, 0.3) is 0 Å². The number of morpholine rings is 1. The summed E-state index contributed by atoms with van der Waals surface area (Å²) in [5.41, 5.74) is 4.48. The summed E-state index contributed by atoms with van der Waals surface area (Å²) in [5, 5.41) is 4.33. The van der Waals surface area contributed by atoms with E-state index in [0.717, 1.165) is 39.1 Å².